The van der Waals surface area contributed by atoms with Gasteiger partial charge in [-0.1, -0.05) is 12.1 Å². The number of fused-ring (bicyclic) bond motifs is 2. The highest BCUT2D eigenvalue weighted by Crippen LogP contribution is 2.48. The maximum atomic E-state index is 12.9. The monoisotopic (exact) mass is 315 g/mol. The Balaban J connectivity index is 1.40. The summed E-state index contributed by atoms with van der Waals surface area (Å²) in [5.41, 5.74) is 7.18. The third kappa shape index (κ3) is 2.47. The number of phenols is 1. The first kappa shape index (κ1) is 14.8. The predicted octanol–water partition coefficient (Wildman–Crippen LogP) is 1.41. The zero-order valence-electron chi connectivity index (χ0n) is 13.4. The van der Waals surface area contributed by atoms with Crippen molar-refractivity contribution in [3.63, 3.8) is 0 Å². The van der Waals surface area contributed by atoms with Gasteiger partial charge in [-0.3, -0.25) is 4.79 Å². The summed E-state index contributed by atoms with van der Waals surface area (Å²) >= 11 is 0. The molecule has 2 saturated carbocycles. The van der Waals surface area contributed by atoms with Gasteiger partial charge >= 0.3 is 0 Å². The zero-order valence-corrected chi connectivity index (χ0v) is 13.4. The molecule has 5 heteroatoms. The Labute approximate surface area is 137 Å². The molecular formula is C18H25N3O2. The fraction of sp³-hybridized carbons (Fsp3) is 0.611. The van der Waals surface area contributed by atoms with E-state index in [4.69, 9.17) is 5.73 Å². The highest BCUT2D eigenvalue weighted by molar-refractivity contribution is 5.81. The van der Waals surface area contributed by atoms with E-state index in [1.807, 2.05) is 23.1 Å². The third-order valence-corrected chi connectivity index (χ3v) is 6.08. The molecule has 1 aromatic carbocycles. The Morgan fingerprint density at radius 2 is 1.78 bits per heavy atom. The van der Waals surface area contributed by atoms with Gasteiger partial charge in [0.25, 0.3) is 0 Å². The van der Waals surface area contributed by atoms with E-state index in [9.17, 15) is 9.90 Å². The van der Waals surface area contributed by atoms with Crippen LogP contribution in [0.15, 0.2) is 24.3 Å². The summed E-state index contributed by atoms with van der Waals surface area (Å²) in [6.45, 7) is 2.96. The second-order valence-corrected chi connectivity index (χ2v) is 7.24. The lowest BCUT2D eigenvalue weighted by molar-refractivity contribution is -0.138. The fourth-order valence-corrected chi connectivity index (χ4v) is 4.81. The average molecular weight is 315 g/mol. The summed E-state index contributed by atoms with van der Waals surface area (Å²) in [7, 11) is 0. The molecule has 5 nitrogen and oxygen atoms in total. The minimum absolute atomic E-state index is 0.0467. The van der Waals surface area contributed by atoms with E-state index in [1.165, 1.54) is 12.8 Å². The van der Waals surface area contributed by atoms with Gasteiger partial charge < -0.3 is 20.6 Å². The molecule has 1 amide bonds. The number of aromatic hydroxyl groups is 1. The molecule has 1 aliphatic heterocycles. The molecule has 0 radical (unpaired) electrons. The van der Waals surface area contributed by atoms with Crippen molar-refractivity contribution in [2.24, 2.45) is 23.5 Å². The Bertz CT molecular complexity index is 596. The molecule has 4 unspecified atom stereocenters. The third-order valence-electron chi connectivity index (χ3n) is 6.08. The number of nitrogens with zero attached hydrogens (tertiary/aromatic N) is 2. The molecule has 3 N–H and O–H groups in total. The van der Waals surface area contributed by atoms with E-state index in [-0.39, 0.29) is 17.9 Å². The molecule has 124 valence electrons. The van der Waals surface area contributed by atoms with Gasteiger partial charge in [-0.25, -0.2) is 0 Å². The van der Waals surface area contributed by atoms with E-state index in [0.29, 0.717) is 30.7 Å². The van der Waals surface area contributed by atoms with E-state index in [1.54, 1.807) is 6.07 Å². The molecule has 0 spiro atoms. The van der Waals surface area contributed by atoms with Crippen molar-refractivity contribution < 1.29 is 9.90 Å². The summed E-state index contributed by atoms with van der Waals surface area (Å²) < 4.78 is 0. The van der Waals surface area contributed by atoms with Crippen molar-refractivity contribution in [1.29, 1.82) is 0 Å². The molecule has 1 aromatic rings. The van der Waals surface area contributed by atoms with E-state index in [2.05, 4.69) is 4.90 Å². The Kier molecular flexibility index (Phi) is 3.68. The van der Waals surface area contributed by atoms with Gasteiger partial charge in [-0.05, 0) is 43.2 Å². The number of hydrogen-bond acceptors (Lipinski definition) is 4. The first-order valence-corrected chi connectivity index (χ1v) is 8.72. The molecule has 3 aliphatic rings. The molecule has 4 atom stereocenters. The van der Waals surface area contributed by atoms with Crippen LogP contribution in [-0.4, -0.2) is 48.1 Å². The SMILES string of the molecule is NC1C2CCC(C2)C1C(=O)N1CCN(c2ccccc2O)CC1. The molecule has 0 aromatic heterocycles. The van der Waals surface area contributed by atoms with Gasteiger partial charge in [0, 0.05) is 32.2 Å². The molecule has 2 bridgehead atoms. The average Bonchev–Trinajstić information content (AvgIpc) is 3.16. The van der Waals surface area contributed by atoms with Gasteiger partial charge in [0.05, 0.1) is 11.6 Å². The number of carbonyl (C=O) groups is 1. The fourth-order valence-electron chi connectivity index (χ4n) is 4.81. The highest BCUT2D eigenvalue weighted by atomic mass is 16.3. The van der Waals surface area contributed by atoms with Crippen LogP contribution < -0.4 is 10.6 Å². The van der Waals surface area contributed by atoms with Gasteiger partial charge in [0.2, 0.25) is 5.91 Å². The maximum Gasteiger partial charge on any atom is 0.227 e. The minimum atomic E-state index is 0.0467. The standard InChI is InChI=1S/C18H25N3O2/c19-17-13-6-5-12(11-13)16(17)18(23)21-9-7-20(8-10-21)14-3-1-2-4-15(14)22/h1-4,12-13,16-17,22H,5-11,19H2. The Morgan fingerprint density at radius 1 is 1.09 bits per heavy atom. The number of rotatable bonds is 2. The first-order chi connectivity index (χ1) is 11.1. The van der Waals surface area contributed by atoms with Crippen LogP contribution in [0, 0.1) is 17.8 Å². The first-order valence-electron chi connectivity index (χ1n) is 8.72. The number of anilines is 1. The minimum Gasteiger partial charge on any atom is -0.506 e. The highest BCUT2D eigenvalue weighted by Gasteiger charge is 2.50. The Morgan fingerprint density at radius 3 is 2.43 bits per heavy atom. The van der Waals surface area contributed by atoms with E-state index < -0.39 is 0 Å². The summed E-state index contributed by atoms with van der Waals surface area (Å²) in [4.78, 5) is 17.0. The van der Waals surface area contributed by atoms with Crippen LogP contribution in [0.5, 0.6) is 5.75 Å². The topological polar surface area (TPSA) is 69.8 Å². The van der Waals surface area contributed by atoms with Gasteiger partial charge in [-0.2, -0.15) is 0 Å². The van der Waals surface area contributed by atoms with E-state index in [0.717, 1.165) is 25.2 Å². The van der Waals surface area contributed by atoms with Crippen LogP contribution in [0.1, 0.15) is 19.3 Å². The van der Waals surface area contributed by atoms with Crippen molar-refractivity contribution >= 4 is 11.6 Å². The van der Waals surface area contributed by atoms with Crippen molar-refractivity contribution in [2.75, 3.05) is 31.1 Å². The molecule has 23 heavy (non-hydrogen) atoms. The summed E-state index contributed by atoms with van der Waals surface area (Å²) in [6, 6.07) is 7.47. The van der Waals surface area contributed by atoms with E-state index >= 15 is 0 Å². The van der Waals surface area contributed by atoms with Gasteiger partial charge in [0.1, 0.15) is 5.75 Å². The van der Waals surface area contributed by atoms with Crippen molar-refractivity contribution in [2.45, 2.75) is 25.3 Å². The van der Waals surface area contributed by atoms with Crippen LogP contribution in [0.25, 0.3) is 0 Å². The van der Waals surface area contributed by atoms with Crippen molar-refractivity contribution in [3.8, 4) is 5.75 Å². The number of hydrogen-bond donors (Lipinski definition) is 2. The molecular weight excluding hydrogens is 290 g/mol. The van der Waals surface area contributed by atoms with Crippen LogP contribution in [-0.2, 0) is 4.79 Å². The summed E-state index contributed by atoms with van der Waals surface area (Å²) in [5.74, 6) is 1.70. The molecule has 1 heterocycles. The second-order valence-electron chi connectivity index (χ2n) is 7.24. The molecule has 2 aliphatic carbocycles. The predicted molar refractivity (Wildman–Crippen MR) is 89.2 cm³/mol. The molecule has 3 fully saturated rings. The maximum absolute atomic E-state index is 12.9. The zero-order chi connectivity index (χ0) is 16.0. The smallest absolute Gasteiger partial charge is 0.227 e. The molecule has 4 rings (SSSR count). The quantitative estimate of drug-likeness (QED) is 0.866. The number of piperazine rings is 1. The van der Waals surface area contributed by atoms with Crippen LogP contribution in [0.4, 0.5) is 5.69 Å². The number of carbonyl (C=O) groups excluding carboxylic acids is 1. The Hall–Kier alpha value is -1.75. The van der Waals surface area contributed by atoms with Crippen molar-refractivity contribution in [3.05, 3.63) is 24.3 Å². The number of nitrogens with two attached hydrogens (primary N) is 1. The van der Waals surface area contributed by atoms with Gasteiger partial charge in [0.15, 0.2) is 0 Å². The normalized spacial score (nSPS) is 33.3. The van der Waals surface area contributed by atoms with Crippen LogP contribution in [0.3, 0.4) is 0 Å². The lowest BCUT2D eigenvalue weighted by Gasteiger charge is -2.39. The van der Waals surface area contributed by atoms with Crippen LogP contribution >= 0.6 is 0 Å². The number of phenolic OH excluding ortho intramolecular Hbond substituents is 1. The number of amides is 1. The lowest BCUT2D eigenvalue weighted by atomic mass is 9.84. The lowest BCUT2D eigenvalue weighted by Crippen LogP contribution is -2.54. The number of para-hydroxylation sites is 2. The molecule has 1 saturated heterocycles. The second kappa shape index (κ2) is 5.71. The van der Waals surface area contributed by atoms with Crippen LogP contribution in [0.2, 0.25) is 0 Å². The largest absolute Gasteiger partial charge is 0.506 e. The summed E-state index contributed by atoms with van der Waals surface area (Å²) in [6.07, 6.45) is 3.53. The van der Waals surface area contributed by atoms with Gasteiger partial charge in [-0.15, -0.1) is 0 Å². The summed E-state index contributed by atoms with van der Waals surface area (Å²) in [5, 5.41) is 9.98. The number of benzene rings is 1. The van der Waals surface area contributed by atoms with Crippen molar-refractivity contribution in [1.82, 2.24) is 4.90 Å².